The van der Waals surface area contributed by atoms with E-state index in [2.05, 4.69) is 20.8 Å². The minimum atomic E-state index is -0.220. The number of nitrogen functional groups attached to an aromatic ring is 3. The maximum absolute atomic E-state index is 9.81. The van der Waals surface area contributed by atoms with E-state index in [9.17, 15) is 10.2 Å². The number of hydrogen-bond donors (Lipinski definition) is 7. The van der Waals surface area contributed by atoms with Crippen molar-refractivity contribution >= 4 is 17.3 Å². The summed E-state index contributed by atoms with van der Waals surface area (Å²) in [6.45, 7) is 1.27. The molecule has 176 valence electrons. The maximum atomic E-state index is 9.81. The number of nitrogens with one attached hydrogen (secondary N) is 2. The van der Waals surface area contributed by atoms with E-state index in [1.54, 1.807) is 18.2 Å². The molecule has 10 heteroatoms. The van der Waals surface area contributed by atoms with E-state index < -0.39 is 0 Å². The Kier molecular flexibility index (Phi) is 6.97. The van der Waals surface area contributed by atoms with Crippen LogP contribution < -0.4 is 28.1 Å². The van der Waals surface area contributed by atoms with Crippen LogP contribution in [0.2, 0.25) is 0 Å². The number of pyridine rings is 1. The molecule has 1 aliphatic carbocycles. The molecule has 1 aromatic carbocycles. The fraction of sp³-hybridized carbons (Fsp3) is 0.391. The first-order chi connectivity index (χ1) is 15.9. The van der Waals surface area contributed by atoms with Crippen molar-refractivity contribution in [2.75, 3.05) is 23.4 Å². The number of phenols is 1. The van der Waals surface area contributed by atoms with Gasteiger partial charge in [-0.15, -0.1) is 0 Å². The number of phenolic OH excluding ortho intramolecular Hbond substituents is 1. The highest BCUT2D eigenvalue weighted by Gasteiger charge is 2.25. The number of hydrogen-bond acceptors (Lipinski definition) is 9. The average Bonchev–Trinajstić information content (AvgIpc) is 3.41. The van der Waals surface area contributed by atoms with Crippen LogP contribution in [-0.2, 0) is 6.54 Å². The molecule has 3 atom stereocenters. The largest absolute Gasteiger partial charge is 0.508 e. The minimum Gasteiger partial charge on any atom is -0.508 e. The standard InChI is InChI=1S/C23H32N8O2/c24-21-10-20(22(25)23(29-21)30-26)19(6-7-27-16-4-5-18(33)9-16)15-11-28-31(13-15)12-14-2-1-3-17(32)8-14/h1-3,8,10-11,13,16,18-19,27,32-33H,4-7,9,12,25-26H2,(H3,24,29,30). The Bertz CT molecular complexity index is 1090. The summed E-state index contributed by atoms with van der Waals surface area (Å²) >= 11 is 0. The van der Waals surface area contributed by atoms with Gasteiger partial charge >= 0.3 is 0 Å². The van der Waals surface area contributed by atoms with Gasteiger partial charge in [-0.1, -0.05) is 12.1 Å². The van der Waals surface area contributed by atoms with Crippen molar-refractivity contribution in [1.29, 1.82) is 0 Å². The Morgan fingerprint density at radius 2 is 2.06 bits per heavy atom. The zero-order valence-corrected chi connectivity index (χ0v) is 18.5. The van der Waals surface area contributed by atoms with E-state index in [1.807, 2.05) is 29.2 Å². The molecule has 0 radical (unpaired) electrons. The van der Waals surface area contributed by atoms with Crippen LogP contribution in [0.4, 0.5) is 17.3 Å². The van der Waals surface area contributed by atoms with Crippen LogP contribution in [0.5, 0.6) is 5.75 Å². The van der Waals surface area contributed by atoms with Crippen LogP contribution in [0.15, 0.2) is 42.7 Å². The molecule has 3 unspecified atom stereocenters. The quantitative estimate of drug-likeness (QED) is 0.187. The second-order valence-corrected chi connectivity index (χ2v) is 8.64. The van der Waals surface area contributed by atoms with Gasteiger partial charge in [0.2, 0.25) is 0 Å². The summed E-state index contributed by atoms with van der Waals surface area (Å²) in [5.41, 5.74) is 18.2. The Balaban J connectivity index is 1.57. The molecule has 1 aliphatic rings. The summed E-state index contributed by atoms with van der Waals surface area (Å²) in [5, 5.41) is 27.6. The lowest BCUT2D eigenvalue weighted by molar-refractivity contribution is 0.179. The molecular weight excluding hydrogens is 420 g/mol. The normalized spacial score (nSPS) is 19.0. The third-order valence-electron chi connectivity index (χ3n) is 6.20. The van der Waals surface area contributed by atoms with Crippen LogP contribution in [0.3, 0.4) is 0 Å². The highest BCUT2D eigenvalue weighted by atomic mass is 16.3. The minimum absolute atomic E-state index is 0.0841. The van der Waals surface area contributed by atoms with Crippen LogP contribution in [0.25, 0.3) is 0 Å². The molecule has 1 saturated carbocycles. The molecule has 0 bridgehead atoms. The second kappa shape index (κ2) is 10.1. The SMILES string of the molecule is NNc1nc(N)cc(C(CCNC2CCC(O)C2)c2cnn(Cc3cccc(O)c3)c2)c1N. The van der Waals surface area contributed by atoms with Gasteiger partial charge < -0.3 is 32.4 Å². The predicted octanol–water partition coefficient (Wildman–Crippen LogP) is 1.51. The Hall–Kier alpha value is -3.34. The van der Waals surface area contributed by atoms with Gasteiger partial charge in [0, 0.05) is 18.2 Å². The van der Waals surface area contributed by atoms with Crippen LogP contribution in [0.1, 0.15) is 48.3 Å². The van der Waals surface area contributed by atoms with Gasteiger partial charge in [0.1, 0.15) is 11.6 Å². The highest BCUT2D eigenvalue weighted by molar-refractivity contribution is 5.70. The molecule has 2 heterocycles. The molecule has 0 saturated heterocycles. The molecule has 2 aromatic heterocycles. The number of anilines is 3. The van der Waals surface area contributed by atoms with Gasteiger partial charge in [0.25, 0.3) is 0 Å². The molecule has 3 aromatic rings. The monoisotopic (exact) mass is 452 g/mol. The lowest BCUT2D eigenvalue weighted by Crippen LogP contribution is -2.29. The molecule has 1 fully saturated rings. The summed E-state index contributed by atoms with van der Waals surface area (Å²) in [6, 6.07) is 9.22. The molecule has 0 spiro atoms. The fourth-order valence-corrected chi connectivity index (χ4v) is 4.56. The third-order valence-corrected chi connectivity index (χ3v) is 6.20. The van der Waals surface area contributed by atoms with Crippen molar-refractivity contribution in [3.63, 3.8) is 0 Å². The van der Waals surface area contributed by atoms with Crippen LogP contribution in [0, 0.1) is 0 Å². The zero-order valence-electron chi connectivity index (χ0n) is 18.5. The van der Waals surface area contributed by atoms with Gasteiger partial charge in [-0.25, -0.2) is 10.8 Å². The van der Waals surface area contributed by atoms with Gasteiger partial charge in [-0.2, -0.15) is 5.10 Å². The number of nitrogens with two attached hydrogens (primary N) is 3. The number of benzene rings is 1. The molecular formula is C23H32N8O2. The fourth-order valence-electron chi connectivity index (χ4n) is 4.56. The van der Waals surface area contributed by atoms with Crippen LogP contribution >= 0.6 is 0 Å². The van der Waals surface area contributed by atoms with Crippen molar-refractivity contribution in [3.8, 4) is 5.75 Å². The third kappa shape index (κ3) is 5.54. The predicted molar refractivity (Wildman–Crippen MR) is 128 cm³/mol. The first kappa shape index (κ1) is 22.8. The number of hydrazine groups is 1. The zero-order chi connectivity index (χ0) is 23.4. The van der Waals surface area contributed by atoms with Gasteiger partial charge in [0.05, 0.1) is 24.5 Å². The van der Waals surface area contributed by atoms with Crippen molar-refractivity contribution in [2.24, 2.45) is 5.84 Å². The van der Waals surface area contributed by atoms with Gasteiger partial charge in [0.15, 0.2) is 5.82 Å². The summed E-state index contributed by atoms with van der Waals surface area (Å²) in [4.78, 5) is 4.18. The van der Waals surface area contributed by atoms with E-state index in [1.165, 1.54) is 0 Å². The number of rotatable bonds is 9. The van der Waals surface area contributed by atoms with Crippen molar-refractivity contribution < 1.29 is 10.2 Å². The number of nitrogens with zero attached hydrogens (tertiary/aromatic N) is 3. The van der Waals surface area contributed by atoms with Crippen LogP contribution in [-0.4, -0.2) is 43.7 Å². The summed E-state index contributed by atoms with van der Waals surface area (Å²) in [5.74, 6) is 6.42. The average molecular weight is 453 g/mol. The van der Waals surface area contributed by atoms with E-state index in [4.69, 9.17) is 17.3 Å². The maximum Gasteiger partial charge on any atom is 0.165 e. The lowest BCUT2D eigenvalue weighted by Gasteiger charge is -2.21. The Morgan fingerprint density at radius 1 is 1.21 bits per heavy atom. The number of aromatic hydroxyl groups is 1. The molecule has 10 N–H and O–H groups in total. The highest BCUT2D eigenvalue weighted by Crippen LogP contribution is 2.35. The number of aliphatic hydroxyl groups excluding tert-OH is 1. The van der Waals surface area contributed by atoms with Crippen molar-refractivity contribution in [1.82, 2.24) is 20.1 Å². The molecule has 4 rings (SSSR count). The van der Waals surface area contributed by atoms with E-state index in [-0.39, 0.29) is 17.8 Å². The first-order valence-electron chi connectivity index (χ1n) is 11.2. The van der Waals surface area contributed by atoms with E-state index in [0.29, 0.717) is 29.9 Å². The van der Waals surface area contributed by atoms with Crippen molar-refractivity contribution in [2.45, 2.75) is 50.3 Å². The topological polar surface area (TPSA) is 173 Å². The lowest BCUT2D eigenvalue weighted by atomic mass is 9.89. The molecule has 0 aliphatic heterocycles. The van der Waals surface area contributed by atoms with Gasteiger partial charge in [-0.05, 0) is 67.1 Å². The molecule has 33 heavy (non-hydrogen) atoms. The molecule has 0 amide bonds. The molecule has 10 nitrogen and oxygen atoms in total. The van der Waals surface area contributed by atoms with E-state index >= 15 is 0 Å². The Labute approximate surface area is 192 Å². The van der Waals surface area contributed by atoms with Gasteiger partial charge in [-0.3, -0.25) is 4.68 Å². The summed E-state index contributed by atoms with van der Waals surface area (Å²) in [7, 11) is 0. The van der Waals surface area contributed by atoms with E-state index in [0.717, 1.165) is 48.9 Å². The number of aliphatic hydroxyl groups is 1. The Morgan fingerprint density at radius 3 is 2.79 bits per heavy atom. The first-order valence-corrected chi connectivity index (χ1v) is 11.2. The summed E-state index contributed by atoms with van der Waals surface area (Å²) in [6.07, 6.45) is 6.93. The van der Waals surface area contributed by atoms with Crippen molar-refractivity contribution in [3.05, 3.63) is 59.4 Å². The summed E-state index contributed by atoms with van der Waals surface area (Å²) < 4.78 is 1.83. The number of aromatic nitrogens is 3. The second-order valence-electron chi connectivity index (χ2n) is 8.64. The smallest absolute Gasteiger partial charge is 0.165 e.